The van der Waals surface area contributed by atoms with Crippen molar-refractivity contribution in [3.8, 4) is 5.75 Å². The molecule has 1 N–H and O–H groups in total. The third kappa shape index (κ3) is 5.41. The summed E-state index contributed by atoms with van der Waals surface area (Å²) >= 11 is 3.06. The van der Waals surface area contributed by atoms with Crippen molar-refractivity contribution in [2.24, 2.45) is 0 Å². The third-order valence-electron chi connectivity index (χ3n) is 1.98. The van der Waals surface area contributed by atoms with Crippen LogP contribution in [0.1, 0.15) is 18.9 Å². The van der Waals surface area contributed by atoms with E-state index in [2.05, 4.69) is 26.0 Å². The lowest BCUT2D eigenvalue weighted by Crippen LogP contribution is -2.18. The summed E-state index contributed by atoms with van der Waals surface area (Å²) in [5.74, 6) is -0.225. The summed E-state index contributed by atoms with van der Waals surface area (Å²) in [4.78, 5) is 0. The predicted molar refractivity (Wildman–Crippen MR) is 62.8 cm³/mol. The van der Waals surface area contributed by atoms with Crippen molar-refractivity contribution < 1.29 is 17.9 Å². The largest absolute Gasteiger partial charge is 0.573 e. The Morgan fingerprint density at radius 2 is 2.06 bits per heavy atom. The van der Waals surface area contributed by atoms with Crippen LogP contribution in [0.2, 0.25) is 0 Å². The number of ether oxygens (including phenoxy) is 1. The van der Waals surface area contributed by atoms with Crippen molar-refractivity contribution in [1.82, 2.24) is 5.32 Å². The highest BCUT2D eigenvalue weighted by atomic mass is 79.9. The van der Waals surface area contributed by atoms with E-state index in [9.17, 15) is 13.2 Å². The Hall–Kier alpha value is -0.750. The number of nitrogens with one attached hydrogen (secondary N) is 1. The number of hydrogen-bond acceptors (Lipinski definition) is 2. The molecule has 0 saturated heterocycles. The normalized spacial score (nSPS) is 11.6. The molecule has 1 aromatic rings. The predicted octanol–water partition coefficient (Wildman–Crippen LogP) is 3.85. The zero-order valence-electron chi connectivity index (χ0n) is 9.27. The standard InChI is InChI=1S/C11H13BrF3NO/c1-2-5-16-7-8-3-4-10(9(12)6-8)17-11(13,14)15/h3-4,6,16H,2,5,7H2,1H3. The van der Waals surface area contributed by atoms with Crippen LogP contribution in [-0.4, -0.2) is 12.9 Å². The average Bonchev–Trinajstić information content (AvgIpc) is 2.21. The second-order valence-corrected chi connectivity index (χ2v) is 4.34. The minimum Gasteiger partial charge on any atom is -0.405 e. The second kappa shape index (κ2) is 6.26. The minimum absolute atomic E-state index is 0.225. The van der Waals surface area contributed by atoms with E-state index in [1.807, 2.05) is 6.92 Å². The van der Waals surface area contributed by atoms with Crippen molar-refractivity contribution in [3.63, 3.8) is 0 Å². The van der Waals surface area contributed by atoms with Crippen LogP contribution in [0.3, 0.4) is 0 Å². The fourth-order valence-electron chi connectivity index (χ4n) is 1.27. The molecule has 0 aromatic heterocycles. The summed E-state index contributed by atoms with van der Waals surface area (Å²) in [7, 11) is 0. The number of alkyl halides is 3. The first-order valence-corrected chi connectivity index (χ1v) is 5.96. The van der Waals surface area contributed by atoms with Gasteiger partial charge in [-0.25, -0.2) is 0 Å². The molecule has 96 valence electrons. The molecule has 0 amide bonds. The van der Waals surface area contributed by atoms with Crippen molar-refractivity contribution in [2.45, 2.75) is 26.3 Å². The van der Waals surface area contributed by atoms with E-state index in [4.69, 9.17) is 0 Å². The second-order valence-electron chi connectivity index (χ2n) is 3.49. The van der Waals surface area contributed by atoms with Crippen molar-refractivity contribution >= 4 is 15.9 Å². The van der Waals surface area contributed by atoms with Gasteiger partial charge in [-0.05, 0) is 46.6 Å². The average molecular weight is 312 g/mol. The molecule has 0 spiro atoms. The van der Waals surface area contributed by atoms with Gasteiger partial charge in [0.25, 0.3) is 0 Å². The van der Waals surface area contributed by atoms with Gasteiger partial charge in [0.1, 0.15) is 5.75 Å². The Labute approximate surface area is 106 Å². The van der Waals surface area contributed by atoms with Gasteiger partial charge < -0.3 is 10.1 Å². The smallest absolute Gasteiger partial charge is 0.405 e. The lowest BCUT2D eigenvalue weighted by Gasteiger charge is -2.11. The van der Waals surface area contributed by atoms with E-state index in [0.717, 1.165) is 18.5 Å². The van der Waals surface area contributed by atoms with E-state index in [1.165, 1.54) is 6.07 Å². The van der Waals surface area contributed by atoms with Crippen LogP contribution in [0.4, 0.5) is 13.2 Å². The molecule has 0 saturated carbocycles. The van der Waals surface area contributed by atoms with Crippen LogP contribution in [0.25, 0.3) is 0 Å². The first-order valence-electron chi connectivity index (χ1n) is 5.17. The zero-order chi connectivity index (χ0) is 12.9. The van der Waals surface area contributed by atoms with Crippen molar-refractivity contribution in [1.29, 1.82) is 0 Å². The molecule has 2 nitrogen and oxygen atoms in total. The molecule has 0 radical (unpaired) electrons. The summed E-state index contributed by atoms with van der Waals surface area (Å²) in [6.07, 6.45) is -3.65. The molecule has 17 heavy (non-hydrogen) atoms. The van der Waals surface area contributed by atoms with Gasteiger partial charge in [-0.1, -0.05) is 13.0 Å². The summed E-state index contributed by atoms with van der Waals surface area (Å²) in [5.41, 5.74) is 0.903. The van der Waals surface area contributed by atoms with E-state index >= 15 is 0 Å². The maximum atomic E-state index is 12.0. The third-order valence-corrected chi connectivity index (χ3v) is 2.60. The van der Waals surface area contributed by atoms with Crippen molar-refractivity contribution in [2.75, 3.05) is 6.54 Å². The quantitative estimate of drug-likeness (QED) is 0.834. The first kappa shape index (κ1) is 14.3. The Kier molecular flexibility index (Phi) is 5.27. The van der Waals surface area contributed by atoms with Crippen molar-refractivity contribution in [3.05, 3.63) is 28.2 Å². The molecule has 0 aliphatic heterocycles. The topological polar surface area (TPSA) is 21.3 Å². The van der Waals surface area contributed by atoms with Gasteiger partial charge in [-0.3, -0.25) is 0 Å². The molecule has 0 unspecified atom stereocenters. The maximum Gasteiger partial charge on any atom is 0.573 e. The zero-order valence-corrected chi connectivity index (χ0v) is 10.9. The first-order chi connectivity index (χ1) is 7.92. The minimum atomic E-state index is -4.66. The summed E-state index contributed by atoms with van der Waals surface area (Å²) in [6.45, 7) is 3.54. The maximum absolute atomic E-state index is 12.0. The summed E-state index contributed by atoms with van der Waals surface area (Å²) in [5, 5.41) is 3.16. The monoisotopic (exact) mass is 311 g/mol. The molecule has 0 fully saturated rings. The molecule has 0 aliphatic carbocycles. The van der Waals surface area contributed by atoms with Gasteiger partial charge in [0.15, 0.2) is 0 Å². The fourth-order valence-corrected chi connectivity index (χ4v) is 1.78. The van der Waals surface area contributed by atoms with E-state index in [0.29, 0.717) is 11.0 Å². The molecule has 1 rings (SSSR count). The molecule has 0 bridgehead atoms. The van der Waals surface area contributed by atoms with Gasteiger partial charge in [0, 0.05) is 6.54 Å². The van der Waals surface area contributed by atoms with Crippen LogP contribution in [-0.2, 0) is 6.54 Å². The van der Waals surface area contributed by atoms with Crippen LogP contribution < -0.4 is 10.1 Å². The Bertz CT molecular complexity index is 368. The SMILES string of the molecule is CCCNCc1ccc(OC(F)(F)F)c(Br)c1. The highest BCUT2D eigenvalue weighted by Gasteiger charge is 2.31. The Balaban J connectivity index is 2.66. The van der Waals surface area contributed by atoms with E-state index < -0.39 is 6.36 Å². The van der Waals surface area contributed by atoms with Gasteiger partial charge in [-0.15, -0.1) is 13.2 Å². The van der Waals surface area contributed by atoms with Gasteiger partial charge in [0.2, 0.25) is 0 Å². The summed E-state index contributed by atoms with van der Waals surface area (Å²) in [6, 6.07) is 4.53. The van der Waals surface area contributed by atoms with Crippen LogP contribution in [0, 0.1) is 0 Å². The van der Waals surface area contributed by atoms with E-state index in [-0.39, 0.29) is 5.75 Å². The van der Waals surface area contributed by atoms with Gasteiger partial charge in [0.05, 0.1) is 4.47 Å². The highest BCUT2D eigenvalue weighted by Crippen LogP contribution is 2.30. The number of halogens is 4. The van der Waals surface area contributed by atoms with Gasteiger partial charge >= 0.3 is 6.36 Å². The van der Waals surface area contributed by atoms with Gasteiger partial charge in [-0.2, -0.15) is 0 Å². The Morgan fingerprint density at radius 3 is 2.59 bits per heavy atom. The number of benzene rings is 1. The molecule has 1 aromatic carbocycles. The summed E-state index contributed by atoms with van der Waals surface area (Å²) < 4.78 is 40.2. The molecule has 6 heteroatoms. The van der Waals surface area contributed by atoms with Crippen LogP contribution in [0.5, 0.6) is 5.75 Å². The number of rotatable bonds is 5. The van der Waals surface area contributed by atoms with E-state index in [1.54, 1.807) is 12.1 Å². The molecule has 0 atom stereocenters. The molecule has 0 heterocycles. The lowest BCUT2D eigenvalue weighted by atomic mass is 10.2. The van der Waals surface area contributed by atoms with Crippen LogP contribution >= 0.6 is 15.9 Å². The molecular formula is C11H13BrF3NO. The lowest BCUT2D eigenvalue weighted by molar-refractivity contribution is -0.274. The van der Waals surface area contributed by atoms with Crippen LogP contribution in [0.15, 0.2) is 22.7 Å². The Morgan fingerprint density at radius 1 is 1.35 bits per heavy atom. The molecule has 0 aliphatic rings. The number of hydrogen-bond donors (Lipinski definition) is 1. The fraction of sp³-hybridized carbons (Fsp3) is 0.455. The molecular weight excluding hydrogens is 299 g/mol. The highest BCUT2D eigenvalue weighted by molar-refractivity contribution is 9.10.